The molecule has 29 heavy (non-hydrogen) atoms. The Hall–Kier alpha value is -2.90. The van der Waals surface area contributed by atoms with E-state index in [9.17, 15) is 8.78 Å². The van der Waals surface area contributed by atoms with Crippen LogP contribution in [0.1, 0.15) is 20.8 Å². The van der Waals surface area contributed by atoms with Crippen LogP contribution < -0.4 is 0 Å². The molecular weight excluding hydrogens is 441 g/mol. The van der Waals surface area contributed by atoms with E-state index in [0.717, 1.165) is 11.1 Å². The first-order valence-corrected chi connectivity index (χ1v) is 11.0. The van der Waals surface area contributed by atoms with Crippen molar-refractivity contribution in [1.82, 2.24) is 30.0 Å². The van der Waals surface area contributed by atoms with Gasteiger partial charge >= 0.3 is 173 Å². The fourth-order valence-electron chi connectivity index (χ4n) is 3.01. The van der Waals surface area contributed by atoms with Gasteiger partial charge in [-0.2, -0.15) is 0 Å². The molecule has 0 aliphatic rings. The predicted molar refractivity (Wildman–Crippen MR) is 104 cm³/mol. The van der Waals surface area contributed by atoms with Gasteiger partial charge in [0, 0.05) is 0 Å². The van der Waals surface area contributed by atoms with Gasteiger partial charge in [-0.25, -0.2) is 0 Å². The molecule has 0 spiro atoms. The SMILES string of the molecule is Fc1ccc(C(Cn2ccnn2)[Se]C(Cn2ccnn2)c2ccc(F)cc2)cc1. The molecule has 6 nitrogen and oxygen atoms in total. The molecule has 9 heteroatoms. The van der Waals surface area contributed by atoms with E-state index >= 15 is 0 Å². The molecule has 0 N–H and O–H groups in total. The minimum atomic E-state index is -0.265. The van der Waals surface area contributed by atoms with E-state index in [2.05, 4.69) is 20.6 Å². The Morgan fingerprint density at radius 3 is 1.45 bits per heavy atom. The average molecular weight is 459 g/mol. The zero-order valence-electron chi connectivity index (χ0n) is 15.3. The van der Waals surface area contributed by atoms with Crippen molar-refractivity contribution in [2.75, 3.05) is 0 Å². The number of hydrogen-bond acceptors (Lipinski definition) is 4. The number of benzene rings is 2. The van der Waals surface area contributed by atoms with Crippen molar-refractivity contribution in [3.05, 3.63) is 96.1 Å². The fourth-order valence-corrected chi connectivity index (χ4v) is 6.16. The predicted octanol–water partition coefficient (Wildman–Crippen LogP) is 3.03. The molecule has 0 amide bonds. The molecule has 148 valence electrons. The quantitative estimate of drug-likeness (QED) is 0.380. The van der Waals surface area contributed by atoms with Crippen LogP contribution in [0.2, 0.25) is 0 Å². The number of hydrogen-bond donors (Lipinski definition) is 0. The van der Waals surface area contributed by atoms with Gasteiger partial charge in [-0.05, 0) is 0 Å². The van der Waals surface area contributed by atoms with Crippen molar-refractivity contribution in [3.63, 3.8) is 0 Å². The Labute approximate surface area is 172 Å². The van der Waals surface area contributed by atoms with Gasteiger partial charge in [0.2, 0.25) is 0 Å². The second-order valence-corrected chi connectivity index (χ2v) is 9.43. The molecular formula is C20H18F2N6Se. The van der Waals surface area contributed by atoms with Crippen molar-refractivity contribution >= 4 is 15.0 Å². The molecule has 0 saturated heterocycles. The van der Waals surface area contributed by atoms with Crippen LogP contribution in [0.3, 0.4) is 0 Å². The Balaban J connectivity index is 1.64. The Morgan fingerprint density at radius 1 is 0.690 bits per heavy atom. The monoisotopic (exact) mass is 460 g/mol. The van der Waals surface area contributed by atoms with Crippen molar-refractivity contribution in [2.45, 2.75) is 22.7 Å². The summed E-state index contributed by atoms with van der Waals surface area (Å²) in [6.07, 6.45) is 6.91. The van der Waals surface area contributed by atoms with Crippen LogP contribution in [0.4, 0.5) is 8.78 Å². The molecule has 0 bridgehead atoms. The molecule has 0 saturated carbocycles. The molecule has 0 fully saturated rings. The number of halogens is 2. The van der Waals surface area contributed by atoms with Gasteiger partial charge in [-0.3, -0.25) is 0 Å². The zero-order valence-corrected chi connectivity index (χ0v) is 17.1. The van der Waals surface area contributed by atoms with Gasteiger partial charge in [-0.15, -0.1) is 0 Å². The Morgan fingerprint density at radius 2 is 1.10 bits per heavy atom. The Kier molecular flexibility index (Phi) is 6.07. The van der Waals surface area contributed by atoms with Crippen molar-refractivity contribution in [3.8, 4) is 0 Å². The van der Waals surface area contributed by atoms with Crippen molar-refractivity contribution < 1.29 is 8.78 Å². The maximum absolute atomic E-state index is 13.5. The summed E-state index contributed by atoms with van der Waals surface area (Å²) in [4.78, 5) is 0.228. The van der Waals surface area contributed by atoms with Crippen LogP contribution in [-0.2, 0) is 13.1 Å². The molecule has 0 radical (unpaired) electrons. The summed E-state index contributed by atoms with van der Waals surface area (Å²) in [7, 11) is 0. The summed E-state index contributed by atoms with van der Waals surface area (Å²) >= 11 is 0.0214. The molecule has 2 aromatic heterocycles. The second kappa shape index (κ2) is 9.07. The van der Waals surface area contributed by atoms with Crippen LogP contribution >= 0.6 is 0 Å². The van der Waals surface area contributed by atoms with Crippen LogP contribution in [0.25, 0.3) is 0 Å². The standard InChI is InChI=1S/C20H18F2N6Se/c21-17-5-1-15(2-6-17)19(13-27-11-9-23-25-27)29-20(14-28-12-10-24-26-28)16-3-7-18(22)8-4-16/h1-12,19-20H,13-14H2. The molecule has 2 unspecified atom stereocenters. The van der Waals surface area contributed by atoms with Crippen LogP contribution in [0.15, 0.2) is 73.3 Å². The summed E-state index contributed by atoms with van der Waals surface area (Å²) in [5.74, 6) is -0.531. The third-order valence-corrected chi connectivity index (χ3v) is 7.61. The zero-order chi connectivity index (χ0) is 20.1. The number of rotatable bonds is 8. The summed E-state index contributed by atoms with van der Waals surface area (Å²) in [6.45, 7) is 1.25. The first kappa shape index (κ1) is 19.4. The second-order valence-electron chi connectivity index (χ2n) is 6.47. The first-order chi connectivity index (χ1) is 14.2. The molecule has 2 aromatic carbocycles. The van der Waals surface area contributed by atoms with E-state index in [-0.39, 0.29) is 36.2 Å². The molecule has 4 rings (SSSR count). The van der Waals surface area contributed by atoms with Gasteiger partial charge in [0.15, 0.2) is 0 Å². The van der Waals surface area contributed by atoms with Gasteiger partial charge in [0.05, 0.1) is 0 Å². The minimum absolute atomic E-state index is 0.0214. The molecule has 4 aromatic rings. The third kappa shape index (κ3) is 5.13. The number of nitrogens with zero attached hydrogens (tertiary/aromatic N) is 6. The van der Waals surface area contributed by atoms with Crippen LogP contribution in [0, 0.1) is 11.6 Å². The average Bonchev–Trinajstić information content (AvgIpc) is 3.42. The van der Waals surface area contributed by atoms with Gasteiger partial charge in [-0.1, -0.05) is 0 Å². The fraction of sp³-hybridized carbons (Fsp3) is 0.200. The summed E-state index contributed by atoms with van der Waals surface area (Å²) in [5.41, 5.74) is 2.07. The van der Waals surface area contributed by atoms with E-state index in [1.165, 1.54) is 24.3 Å². The summed E-state index contributed by atoms with van der Waals surface area (Å²) in [5, 5.41) is 16.0. The topological polar surface area (TPSA) is 61.4 Å². The van der Waals surface area contributed by atoms with E-state index in [4.69, 9.17) is 0 Å². The van der Waals surface area contributed by atoms with E-state index in [1.54, 1.807) is 21.8 Å². The molecule has 0 aliphatic heterocycles. The Bertz CT molecular complexity index is 921. The normalized spacial score (nSPS) is 13.3. The molecule has 2 heterocycles. The first-order valence-electron chi connectivity index (χ1n) is 9.02. The van der Waals surface area contributed by atoms with E-state index in [1.807, 2.05) is 36.7 Å². The van der Waals surface area contributed by atoms with Crippen molar-refractivity contribution in [2.24, 2.45) is 0 Å². The molecule has 0 aliphatic carbocycles. The van der Waals surface area contributed by atoms with Gasteiger partial charge in [0.1, 0.15) is 0 Å². The van der Waals surface area contributed by atoms with Gasteiger partial charge < -0.3 is 0 Å². The third-order valence-electron chi connectivity index (χ3n) is 4.46. The van der Waals surface area contributed by atoms with Crippen LogP contribution in [0.5, 0.6) is 0 Å². The van der Waals surface area contributed by atoms with Crippen molar-refractivity contribution in [1.29, 1.82) is 0 Å². The number of aromatic nitrogens is 6. The van der Waals surface area contributed by atoms with E-state index < -0.39 is 0 Å². The maximum atomic E-state index is 13.5. The van der Waals surface area contributed by atoms with Gasteiger partial charge in [0.25, 0.3) is 0 Å². The summed E-state index contributed by atoms with van der Waals surface area (Å²) < 4.78 is 30.5. The van der Waals surface area contributed by atoms with E-state index in [0.29, 0.717) is 13.1 Å². The summed E-state index contributed by atoms with van der Waals surface area (Å²) in [6, 6.07) is 13.2. The molecule has 2 atom stereocenters. The van der Waals surface area contributed by atoms with Crippen LogP contribution in [-0.4, -0.2) is 44.9 Å².